The largest absolute Gasteiger partial charge is 0.494 e. The molecule has 1 aromatic carbocycles. The first-order chi connectivity index (χ1) is 7.90. The Morgan fingerprint density at radius 2 is 2.06 bits per heavy atom. The number of benzene rings is 1. The second kappa shape index (κ2) is 5.37. The molecule has 0 spiro atoms. The van der Waals surface area contributed by atoms with Crippen molar-refractivity contribution in [2.45, 2.75) is 11.8 Å². The number of rotatable bonds is 4. The van der Waals surface area contributed by atoms with Gasteiger partial charge < -0.3 is 9.47 Å². The number of esters is 1. The summed E-state index contributed by atoms with van der Waals surface area (Å²) in [6.07, 6.45) is 0. The number of hydrogen-bond donors (Lipinski definition) is 0. The van der Waals surface area contributed by atoms with Crippen LogP contribution in [0.3, 0.4) is 0 Å². The second-order valence-electron chi connectivity index (χ2n) is 3.02. The van der Waals surface area contributed by atoms with Crippen LogP contribution in [0.4, 0.5) is 0 Å². The van der Waals surface area contributed by atoms with Crippen LogP contribution in [0.1, 0.15) is 17.3 Å². The lowest BCUT2D eigenvalue weighted by molar-refractivity contribution is 0.0596. The molecular weight excluding hydrogens is 268 g/mol. The SMILES string of the molecule is CCOc1ccc(S(=O)(=O)Cl)c(C(=O)OC)c1. The molecule has 0 fully saturated rings. The Morgan fingerprint density at radius 3 is 2.53 bits per heavy atom. The lowest BCUT2D eigenvalue weighted by Gasteiger charge is -2.08. The number of carbonyl (C=O) groups excluding carboxylic acids is 1. The monoisotopic (exact) mass is 278 g/mol. The lowest BCUT2D eigenvalue weighted by Crippen LogP contribution is -2.08. The van der Waals surface area contributed by atoms with E-state index in [9.17, 15) is 13.2 Å². The predicted molar refractivity (Wildman–Crippen MR) is 62.0 cm³/mol. The Kier molecular flexibility index (Phi) is 4.36. The van der Waals surface area contributed by atoms with E-state index in [1.165, 1.54) is 18.2 Å². The summed E-state index contributed by atoms with van der Waals surface area (Å²) in [7, 11) is 2.37. The van der Waals surface area contributed by atoms with Crippen molar-refractivity contribution in [3.05, 3.63) is 23.8 Å². The van der Waals surface area contributed by atoms with Gasteiger partial charge in [-0.15, -0.1) is 0 Å². The maximum absolute atomic E-state index is 11.4. The van der Waals surface area contributed by atoms with Crippen LogP contribution >= 0.6 is 10.7 Å². The number of ether oxygens (including phenoxy) is 2. The zero-order chi connectivity index (χ0) is 13.1. The van der Waals surface area contributed by atoms with Crippen LogP contribution in [0.25, 0.3) is 0 Å². The smallest absolute Gasteiger partial charge is 0.339 e. The third-order valence-corrected chi connectivity index (χ3v) is 3.31. The van der Waals surface area contributed by atoms with Gasteiger partial charge >= 0.3 is 5.97 Å². The molecule has 0 N–H and O–H groups in total. The maximum Gasteiger partial charge on any atom is 0.339 e. The van der Waals surface area contributed by atoms with E-state index in [-0.39, 0.29) is 10.5 Å². The number of carbonyl (C=O) groups is 1. The molecule has 94 valence electrons. The topological polar surface area (TPSA) is 69.7 Å². The number of hydrogen-bond acceptors (Lipinski definition) is 5. The summed E-state index contributed by atoms with van der Waals surface area (Å²) in [5, 5.41) is 0. The Labute approximate surface area is 104 Å². The summed E-state index contributed by atoms with van der Waals surface area (Å²) in [5.41, 5.74) is -0.145. The van der Waals surface area contributed by atoms with Crippen LogP contribution in [-0.2, 0) is 13.8 Å². The van der Waals surface area contributed by atoms with E-state index in [0.717, 1.165) is 7.11 Å². The minimum atomic E-state index is -4.00. The fourth-order valence-electron chi connectivity index (χ4n) is 1.25. The van der Waals surface area contributed by atoms with Gasteiger partial charge in [0.25, 0.3) is 9.05 Å². The summed E-state index contributed by atoms with van der Waals surface area (Å²) < 4.78 is 32.2. The highest BCUT2D eigenvalue weighted by atomic mass is 35.7. The molecule has 0 aliphatic carbocycles. The molecule has 1 rings (SSSR count). The van der Waals surface area contributed by atoms with Crippen molar-refractivity contribution in [3.63, 3.8) is 0 Å². The van der Waals surface area contributed by atoms with Crippen molar-refractivity contribution in [3.8, 4) is 5.75 Å². The van der Waals surface area contributed by atoms with E-state index in [0.29, 0.717) is 12.4 Å². The van der Waals surface area contributed by atoms with E-state index in [1.807, 2.05) is 0 Å². The van der Waals surface area contributed by atoms with Gasteiger partial charge in [0.15, 0.2) is 0 Å². The van der Waals surface area contributed by atoms with Crippen molar-refractivity contribution in [1.29, 1.82) is 0 Å². The lowest BCUT2D eigenvalue weighted by atomic mass is 10.2. The van der Waals surface area contributed by atoms with Gasteiger partial charge in [0.2, 0.25) is 0 Å². The van der Waals surface area contributed by atoms with Crippen molar-refractivity contribution >= 4 is 25.7 Å². The molecular formula is C10H11ClO5S. The Hall–Kier alpha value is -1.27. The predicted octanol–water partition coefficient (Wildman–Crippen LogP) is 1.80. The first-order valence-electron chi connectivity index (χ1n) is 4.70. The van der Waals surface area contributed by atoms with Crippen LogP contribution < -0.4 is 4.74 Å². The van der Waals surface area contributed by atoms with Crippen LogP contribution in [-0.4, -0.2) is 28.1 Å². The highest BCUT2D eigenvalue weighted by Crippen LogP contribution is 2.25. The fraction of sp³-hybridized carbons (Fsp3) is 0.300. The van der Waals surface area contributed by atoms with E-state index in [4.69, 9.17) is 15.4 Å². The number of methoxy groups -OCH3 is 1. The number of halogens is 1. The zero-order valence-electron chi connectivity index (χ0n) is 9.27. The Morgan fingerprint density at radius 1 is 1.41 bits per heavy atom. The summed E-state index contributed by atoms with van der Waals surface area (Å²) in [4.78, 5) is 11.1. The van der Waals surface area contributed by atoms with Gasteiger partial charge in [0, 0.05) is 10.7 Å². The highest BCUT2D eigenvalue weighted by molar-refractivity contribution is 8.13. The van der Waals surface area contributed by atoms with Gasteiger partial charge in [-0.1, -0.05) is 0 Å². The molecule has 0 aromatic heterocycles. The van der Waals surface area contributed by atoms with Gasteiger partial charge in [-0.2, -0.15) is 0 Å². The molecule has 0 atom stereocenters. The van der Waals surface area contributed by atoms with E-state index < -0.39 is 15.0 Å². The molecule has 7 heteroatoms. The van der Waals surface area contributed by atoms with Crippen molar-refractivity contribution < 1.29 is 22.7 Å². The molecule has 0 radical (unpaired) electrons. The maximum atomic E-state index is 11.4. The molecule has 0 saturated heterocycles. The van der Waals surface area contributed by atoms with Gasteiger partial charge in [-0.3, -0.25) is 0 Å². The molecule has 0 unspecified atom stereocenters. The van der Waals surface area contributed by atoms with E-state index in [2.05, 4.69) is 4.74 Å². The van der Waals surface area contributed by atoms with E-state index in [1.54, 1.807) is 6.92 Å². The molecule has 5 nitrogen and oxygen atoms in total. The fourth-order valence-corrected chi connectivity index (χ4v) is 2.29. The van der Waals surface area contributed by atoms with Crippen LogP contribution in [0, 0.1) is 0 Å². The molecule has 0 heterocycles. The average molecular weight is 279 g/mol. The molecule has 0 saturated carbocycles. The summed E-state index contributed by atoms with van der Waals surface area (Å²) >= 11 is 0. The van der Waals surface area contributed by atoms with Gasteiger partial charge in [-0.25, -0.2) is 13.2 Å². The van der Waals surface area contributed by atoms with Gasteiger partial charge in [0.05, 0.1) is 24.2 Å². The van der Waals surface area contributed by atoms with Gasteiger partial charge in [0.1, 0.15) is 5.75 Å². The van der Waals surface area contributed by atoms with Crippen LogP contribution in [0.2, 0.25) is 0 Å². The zero-order valence-corrected chi connectivity index (χ0v) is 10.8. The third-order valence-electron chi connectivity index (χ3n) is 1.93. The molecule has 0 bridgehead atoms. The molecule has 0 aliphatic rings. The first-order valence-corrected chi connectivity index (χ1v) is 7.01. The first kappa shape index (κ1) is 13.8. The normalized spacial score (nSPS) is 11.0. The van der Waals surface area contributed by atoms with Gasteiger partial charge in [-0.05, 0) is 25.1 Å². The van der Waals surface area contributed by atoms with Crippen LogP contribution in [0.15, 0.2) is 23.1 Å². The van der Waals surface area contributed by atoms with Crippen molar-refractivity contribution in [1.82, 2.24) is 0 Å². The molecule has 0 aliphatic heterocycles. The van der Waals surface area contributed by atoms with Crippen molar-refractivity contribution in [2.75, 3.05) is 13.7 Å². The molecule has 17 heavy (non-hydrogen) atoms. The van der Waals surface area contributed by atoms with Crippen molar-refractivity contribution in [2.24, 2.45) is 0 Å². The minimum Gasteiger partial charge on any atom is -0.494 e. The Balaban J connectivity index is 3.37. The standard InChI is InChI=1S/C10H11ClO5S/c1-3-16-7-4-5-9(17(11,13)14)8(6-7)10(12)15-2/h4-6H,3H2,1-2H3. The quantitative estimate of drug-likeness (QED) is 0.620. The third kappa shape index (κ3) is 3.34. The summed E-state index contributed by atoms with van der Waals surface area (Å²) in [6.45, 7) is 2.16. The highest BCUT2D eigenvalue weighted by Gasteiger charge is 2.21. The molecule has 1 aromatic rings. The average Bonchev–Trinajstić information content (AvgIpc) is 2.27. The van der Waals surface area contributed by atoms with Crippen LogP contribution in [0.5, 0.6) is 5.75 Å². The Bertz CT molecular complexity index is 523. The minimum absolute atomic E-state index is 0.145. The molecule has 0 amide bonds. The second-order valence-corrected chi connectivity index (χ2v) is 5.55. The van der Waals surface area contributed by atoms with E-state index >= 15 is 0 Å². The summed E-state index contributed by atoms with van der Waals surface area (Å²) in [6, 6.07) is 3.91. The summed E-state index contributed by atoms with van der Waals surface area (Å²) in [5.74, 6) is -0.414.